The number of hydrogen-bond donors (Lipinski definition) is 2. The Hall–Kier alpha value is -2.40. The normalized spacial score (nSPS) is 14.4. The number of para-hydroxylation sites is 1. The minimum absolute atomic E-state index is 0.126. The maximum absolute atomic E-state index is 10.3. The van der Waals surface area contributed by atoms with Crippen molar-refractivity contribution in [1.82, 2.24) is 5.32 Å². The highest BCUT2D eigenvalue weighted by molar-refractivity contribution is 5.46. The summed E-state index contributed by atoms with van der Waals surface area (Å²) in [4.78, 5) is 0. The van der Waals surface area contributed by atoms with Gasteiger partial charge >= 0.3 is 0 Å². The highest BCUT2D eigenvalue weighted by Gasteiger charge is 2.20. The fraction of sp³-hybridized carbons (Fsp3) is 0.400. The second-order valence-electron chi connectivity index (χ2n) is 6.47. The van der Waals surface area contributed by atoms with Gasteiger partial charge in [0, 0.05) is 18.2 Å². The monoisotopic (exact) mass is 343 g/mol. The third-order valence-corrected chi connectivity index (χ3v) is 4.41. The Morgan fingerprint density at radius 2 is 1.88 bits per heavy atom. The molecular formula is C20H25NO4. The summed E-state index contributed by atoms with van der Waals surface area (Å²) in [6.07, 6.45) is 0. The van der Waals surface area contributed by atoms with Crippen LogP contribution in [0.2, 0.25) is 0 Å². The molecule has 5 nitrogen and oxygen atoms in total. The number of ether oxygens (including phenoxy) is 3. The van der Waals surface area contributed by atoms with Crippen LogP contribution in [0, 0.1) is 5.92 Å². The number of methoxy groups -OCH3 is 1. The molecule has 1 heterocycles. The molecule has 0 aliphatic carbocycles. The SMILES string of the molecule is COc1cccc(CNC(c2ccc3c(c2)OCCO3)C(C)C)c1O. The zero-order chi connectivity index (χ0) is 17.8. The molecule has 0 saturated carbocycles. The van der Waals surface area contributed by atoms with E-state index in [1.54, 1.807) is 13.2 Å². The van der Waals surface area contributed by atoms with E-state index in [1.165, 1.54) is 0 Å². The van der Waals surface area contributed by atoms with Crippen molar-refractivity contribution in [2.45, 2.75) is 26.4 Å². The Bertz CT molecular complexity index is 730. The summed E-state index contributed by atoms with van der Waals surface area (Å²) in [6.45, 7) is 6.04. The van der Waals surface area contributed by atoms with Crippen molar-refractivity contribution in [3.8, 4) is 23.0 Å². The number of fused-ring (bicyclic) bond motifs is 1. The quantitative estimate of drug-likeness (QED) is 0.838. The van der Waals surface area contributed by atoms with Gasteiger partial charge in [-0.15, -0.1) is 0 Å². The molecule has 5 heteroatoms. The summed E-state index contributed by atoms with van der Waals surface area (Å²) in [5.74, 6) is 2.63. The van der Waals surface area contributed by atoms with Gasteiger partial charge in [0.2, 0.25) is 0 Å². The molecule has 134 valence electrons. The average molecular weight is 343 g/mol. The Labute approximate surface area is 148 Å². The van der Waals surface area contributed by atoms with Crippen molar-refractivity contribution in [3.05, 3.63) is 47.5 Å². The zero-order valence-electron chi connectivity index (χ0n) is 14.9. The van der Waals surface area contributed by atoms with Crippen molar-refractivity contribution in [2.75, 3.05) is 20.3 Å². The van der Waals surface area contributed by atoms with Gasteiger partial charge in [-0.3, -0.25) is 0 Å². The first-order valence-electron chi connectivity index (χ1n) is 8.58. The zero-order valence-corrected chi connectivity index (χ0v) is 14.9. The highest BCUT2D eigenvalue weighted by Crippen LogP contribution is 2.35. The lowest BCUT2D eigenvalue weighted by atomic mass is 9.95. The molecule has 3 rings (SSSR count). The molecule has 1 aliphatic heterocycles. The topological polar surface area (TPSA) is 60.0 Å². The number of phenols is 1. The summed E-state index contributed by atoms with van der Waals surface area (Å²) in [7, 11) is 1.55. The molecule has 1 unspecified atom stereocenters. The van der Waals surface area contributed by atoms with E-state index >= 15 is 0 Å². The maximum Gasteiger partial charge on any atom is 0.162 e. The molecule has 0 fully saturated rings. The number of rotatable bonds is 6. The lowest BCUT2D eigenvalue weighted by Gasteiger charge is -2.26. The summed E-state index contributed by atoms with van der Waals surface area (Å²) in [5, 5.41) is 13.8. The van der Waals surface area contributed by atoms with E-state index < -0.39 is 0 Å². The van der Waals surface area contributed by atoms with Gasteiger partial charge in [-0.25, -0.2) is 0 Å². The third-order valence-electron chi connectivity index (χ3n) is 4.41. The predicted molar refractivity (Wildman–Crippen MR) is 96.5 cm³/mol. The van der Waals surface area contributed by atoms with Crippen LogP contribution in [0.3, 0.4) is 0 Å². The van der Waals surface area contributed by atoms with Gasteiger partial charge in [-0.05, 0) is 29.7 Å². The first-order valence-corrected chi connectivity index (χ1v) is 8.58. The van der Waals surface area contributed by atoms with Crippen LogP contribution >= 0.6 is 0 Å². The molecule has 0 saturated heterocycles. The summed E-state index contributed by atoms with van der Waals surface area (Å²) >= 11 is 0. The van der Waals surface area contributed by atoms with E-state index in [0.717, 1.165) is 22.6 Å². The molecule has 0 aromatic heterocycles. The first kappa shape index (κ1) is 17.4. The van der Waals surface area contributed by atoms with Gasteiger partial charge in [-0.1, -0.05) is 32.0 Å². The van der Waals surface area contributed by atoms with E-state index in [0.29, 0.717) is 31.4 Å². The molecule has 2 aromatic carbocycles. The molecule has 0 radical (unpaired) electrons. The number of hydrogen-bond acceptors (Lipinski definition) is 5. The number of phenolic OH excluding ortho intramolecular Hbond substituents is 1. The van der Waals surface area contributed by atoms with Gasteiger partial charge in [0.1, 0.15) is 13.2 Å². The second kappa shape index (κ2) is 7.66. The number of nitrogens with one attached hydrogen (secondary N) is 1. The first-order chi connectivity index (χ1) is 12.1. The molecule has 0 bridgehead atoms. The fourth-order valence-corrected chi connectivity index (χ4v) is 3.09. The van der Waals surface area contributed by atoms with Crippen molar-refractivity contribution in [2.24, 2.45) is 5.92 Å². The lowest BCUT2D eigenvalue weighted by molar-refractivity contribution is 0.171. The minimum Gasteiger partial charge on any atom is -0.504 e. The largest absolute Gasteiger partial charge is 0.504 e. The summed E-state index contributed by atoms with van der Waals surface area (Å²) in [6, 6.07) is 11.7. The van der Waals surface area contributed by atoms with Gasteiger partial charge in [0.05, 0.1) is 7.11 Å². The van der Waals surface area contributed by atoms with Gasteiger partial charge in [-0.2, -0.15) is 0 Å². The highest BCUT2D eigenvalue weighted by atomic mass is 16.6. The van der Waals surface area contributed by atoms with Crippen LogP contribution in [0.15, 0.2) is 36.4 Å². The van der Waals surface area contributed by atoms with Crippen LogP contribution in [-0.4, -0.2) is 25.4 Å². The van der Waals surface area contributed by atoms with Crippen molar-refractivity contribution < 1.29 is 19.3 Å². The Balaban J connectivity index is 1.78. The molecule has 1 aliphatic rings. The molecule has 2 N–H and O–H groups in total. The second-order valence-corrected chi connectivity index (χ2v) is 6.47. The van der Waals surface area contributed by atoms with E-state index in [9.17, 15) is 5.11 Å². The van der Waals surface area contributed by atoms with E-state index in [-0.39, 0.29) is 11.8 Å². The smallest absolute Gasteiger partial charge is 0.162 e. The van der Waals surface area contributed by atoms with Crippen LogP contribution in [0.4, 0.5) is 0 Å². The Morgan fingerprint density at radius 1 is 1.12 bits per heavy atom. The van der Waals surface area contributed by atoms with Crippen LogP contribution in [0.5, 0.6) is 23.0 Å². The van der Waals surface area contributed by atoms with Crippen molar-refractivity contribution >= 4 is 0 Å². The molecule has 25 heavy (non-hydrogen) atoms. The van der Waals surface area contributed by atoms with Crippen LogP contribution in [-0.2, 0) is 6.54 Å². The molecule has 0 spiro atoms. The third kappa shape index (κ3) is 3.82. The number of benzene rings is 2. The lowest BCUT2D eigenvalue weighted by Crippen LogP contribution is -2.26. The maximum atomic E-state index is 10.3. The predicted octanol–water partition coefficient (Wildman–Crippen LogP) is 3.66. The van der Waals surface area contributed by atoms with Crippen molar-refractivity contribution in [1.29, 1.82) is 0 Å². The van der Waals surface area contributed by atoms with Crippen LogP contribution in [0.1, 0.15) is 31.0 Å². The van der Waals surface area contributed by atoms with Gasteiger partial charge < -0.3 is 24.6 Å². The summed E-state index contributed by atoms with van der Waals surface area (Å²) < 4.78 is 16.5. The molecular weight excluding hydrogens is 318 g/mol. The molecule has 1 atom stereocenters. The Morgan fingerprint density at radius 3 is 2.60 bits per heavy atom. The van der Waals surface area contributed by atoms with E-state index in [1.807, 2.05) is 24.3 Å². The average Bonchev–Trinajstić information content (AvgIpc) is 2.62. The fourth-order valence-electron chi connectivity index (χ4n) is 3.09. The van der Waals surface area contributed by atoms with Gasteiger partial charge in [0.25, 0.3) is 0 Å². The van der Waals surface area contributed by atoms with Crippen LogP contribution in [0.25, 0.3) is 0 Å². The molecule has 0 amide bonds. The van der Waals surface area contributed by atoms with E-state index in [2.05, 4.69) is 25.2 Å². The minimum atomic E-state index is 0.126. The van der Waals surface area contributed by atoms with Crippen LogP contribution < -0.4 is 19.5 Å². The Kier molecular flexibility index (Phi) is 5.34. The molecule has 2 aromatic rings. The van der Waals surface area contributed by atoms with E-state index in [4.69, 9.17) is 14.2 Å². The standard InChI is InChI=1S/C20H25NO4/c1-13(2)19(14-7-8-16-18(11-14)25-10-9-24-16)21-12-15-5-4-6-17(23-3)20(15)22/h4-8,11,13,19,21-22H,9-10,12H2,1-3H3. The summed E-state index contributed by atoms with van der Waals surface area (Å²) in [5.41, 5.74) is 1.95. The number of aromatic hydroxyl groups is 1. The van der Waals surface area contributed by atoms with Gasteiger partial charge in [0.15, 0.2) is 23.0 Å². The van der Waals surface area contributed by atoms with Crippen molar-refractivity contribution in [3.63, 3.8) is 0 Å².